The van der Waals surface area contributed by atoms with Crippen molar-refractivity contribution in [1.29, 1.82) is 0 Å². The largest absolute Gasteiger partial charge is 0.390 e. The minimum atomic E-state index is -0.627. The van der Waals surface area contributed by atoms with E-state index >= 15 is 0 Å². The number of fused-ring (bicyclic) bond motifs is 2. The summed E-state index contributed by atoms with van der Waals surface area (Å²) in [6.07, 6.45) is 9.70. The molecule has 164 valence electrons. The molecule has 2 aromatic heterocycles. The highest BCUT2D eigenvalue weighted by Crippen LogP contribution is 2.38. The topological polar surface area (TPSA) is 65.4 Å². The van der Waals surface area contributed by atoms with E-state index in [0.29, 0.717) is 17.1 Å². The molecule has 0 amide bonds. The zero-order valence-corrected chi connectivity index (χ0v) is 19.2. The molecule has 31 heavy (non-hydrogen) atoms. The minimum Gasteiger partial charge on any atom is -0.390 e. The molecule has 1 saturated heterocycles. The monoisotopic (exact) mass is 439 g/mol. The summed E-state index contributed by atoms with van der Waals surface area (Å²) in [4.78, 5) is 18.7. The van der Waals surface area contributed by atoms with E-state index in [4.69, 9.17) is 16.6 Å². The number of aromatic nitrogens is 3. The first kappa shape index (κ1) is 20.7. The summed E-state index contributed by atoms with van der Waals surface area (Å²) in [5.41, 5.74) is 5.12. The molecule has 0 spiro atoms. The number of halogens is 1. The van der Waals surface area contributed by atoms with Crippen LogP contribution in [-0.4, -0.2) is 44.8 Å². The van der Waals surface area contributed by atoms with E-state index < -0.39 is 5.60 Å². The van der Waals surface area contributed by atoms with E-state index in [1.165, 1.54) is 11.1 Å². The van der Waals surface area contributed by atoms with Crippen molar-refractivity contribution < 1.29 is 5.11 Å². The molecule has 0 aromatic carbocycles. The van der Waals surface area contributed by atoms with Crippen LogP contribution in [0.25, 0.3) is 6.08 Å². The van der Waals surface area contributed by atoms with Crippen LogP contribution in [-0.2, 0) is 19.4 Å². The molecule has 0 saturated carbocycles. The molecule has 1 fully saturated rings. The van der Waals surface area contributed by atoms with Crippen LogP contribution in [0.3, 0.4) is 0 Å². The van der Waals surface area contributed by atoms with Crippen molar-refractivity contribution in [3.63, 3.8) is 0 Å². The Balaban J connectivity index is 1.46. The van der Waals surface area contributed by atoms with E-state index in [2.05, 4.69) is 38.8 Å². The Hall–Kier alpha value is -2.18. The summed E-state index contributed by atoms with van der Waals surface area (Å²) in [5, 5.41) is 11.0. The molecule has 1 aliphatic carbocycles. The molecule has 4 heterocycles. The van der Waals surface area contributed by atoms with Crippen LogP contribution in [0.5, 0.6) is 0 Å². The normalized spacial score (nSPS) is 21.4. The van der Waals surface area contributed by atoms with Gasteiger partial charge in [0.25, 0.3) is 0 Å². The average Bonchev–Trinajstić information content (AvgIpc) is 3.20. The maximum atomic E-state index is 10.4. The van der Waals surface area contributed by atoms with Gasteiger partial charge < -0.3 is 14.9 Å². The lowest BCUT2D eigenvalue weighted by Gasteiger charge is -2.41. The van der Waals surface area contributed by atoms with Gasteiger partial charge in [-0.3, -0.25) is 0 Å². The van der Waals surface area contributed by atoms with Gasteiger partial charge >= 0.3 is 0 Å². The lowest BCUT2D eigenvalue weighted by atomic mass is 9.83. The molecule has 2 aromatic rings. The predicted molar refractivity (Wildman–Crippen MR) is 125 cm³/mol. The summed E-state index contributed by atoms with van der Waals surface area (Å²) in [6, 6.07) is 2.31. The van der Waals surface area contributed by atoms with E-state index in [0.717, 1.165) is 68.2 Å². The van der Waals surface area contributed by atoms with Gasteiger partial charge in [0.1, 0.15) is 17.3 Å². The number of allylic oxidation sites excluding steroid dienone is 1. The first-order valence-corrected chi connectivity index (χ1v) is 11.6. The van der Waals surface area contributed by atoms with Crippen molar-refractivity contribution in [2.45, 2.75) is 64.6 Å². The summed E-state index contributed by atoms with van der Waals surface area (Å²) in [5.74, 6) is 1.37. The number of aliphatic hydroxyl groups is 1. The van der Waals surface area contributed by atoms with Gasteiger partial charge in [-0.05, 0) is 45.6 Å². The van der Waals surface area contributed by atoms with Gasteiger partial charge in [0.15, 0.2) is 0 Å². The molecule has 3 aliphatic rings. The molecule has 1 atom stereocenters. The number of rotatable bonds is 3. The van der Waals surface area contributed by atoms with E-state index in [-0.39, 0.29) is 0 Å². The molecule has 0 unspecified atom stereocenters. The maximum Gasteiger partial charge on any atom is 0.137 e. The molecule has 0 bridgehead atoms. The highest BCUT2D eigenvalue weighted by Gasteiger charge is 2.34. The van der Waals surface area contributed by atoms with Crippen LogP contribution in [0.1, 0.15) is 56.1 Å². The molecular weight excluding hydrogens is 410 g/mol. The third-order valence-corrected chi connectivity index (χ3v) is 7.34. The Morgan fingerprint density at radius 2 is 1.94 bits per heavy atom. The number of hydrogen-bond acceptors (Lipinski definition) is 6. The second-order valence-electron chi connectivity index (χ2n) is 9.65. The number of nitrogens with zero attached hydrogens (tertiary/aromatic N) is 5. The second-order valence-corrected chi connectivity index (χ2v) is 10.0. The zero-order valence-electron chi connectivity index (χ0n) is 18.5. The molecule has 6 nitrogen and oxygen atoms in total. The minimum absolute atomic E-state index is 0.313. The highest BCUT2D eigenvalue weighted by molar-refractivity contribution is 6.29. The fourth-order valence-electron chi connectivity index (χ4n) is 5.31. The Kier molecular flexibility index (Phi) is 5.18. The lowest BCUT2D eigenvalue weighted by Crippen LogP contribution is -2.44. The number of hydrogen-bond donors (Lipinski definition) is 1. The SMILES string of the molecule is C[C@@H]1Cc2ncnc(N3CCC(C(C)(C)O)CC3)c2CN1c1cc(Cl)nc2c1C=CC2. The van der Waals surface area contributed by atoms with Crippen LogP contribution < -0.4 is 9.80 Å². The molecule has 0 radical (unpaired) electrons. The Bertz CT molecular complexity index is 1020. The van der Waals surface area contributed by atoms with Crippen molar-refractivity contribution in [3.05, 3.63) is 46.1 Å². The fourth-order valence-corrected chi connectivity index (χ4v) is 5.51. The quantitative estimate of drug-likeness (QED) is 0.728. The first-order valence-electron chi connectivity index (χ1n) is 11.2. The average molecular weight is 440 g/mol. The van der Waals surface area contributed by atoms with Crippen LogP contribution >= 0.6 is 11.6 Å². The molecule has 5 rings (SSSR count). The Morgan fingerprint density at radius 1 is 1.16 bits per heavy atom. The third-order valence-electron chi connectivity index (χ3n) is 7.14. The van der Waals surface area contributed by atoms with E-state index in [9.17, 15) is 5.11 Å². The highest BCUT2D eigenvalue weighted by atomic mass is 35.5. The standard InChI is InChI=1S/C24H30ClN5O/c1-15-11-20-18(13-30(15)21-12-22(25)28-19-6-4-5-17(19)21)23(27-14-26-20)29-9-7-16(8-10-29)24(2,3)31/h4-5,12,14-16,31H,6-11,13H2,1-3H3/t15-/m1/s1. The smallest absolute Gasteiger partial charge is 0.137 e. The van der Waals surface area contributed by atoms with Gasteiger partial charge in [0, 0.05) is 55.3 Å². The van der Waals surface area contributed by atoms with Crippen LogP contribution in [0, 0.1) is 5.92 Å². The molecular formula is C24H30ClN5O. The first-order chi connectivity index (χ1) is 14.8. The van der Waals surface area contributed by atoms with Crippen LogP contribution in [0.15, 0.2) is 18.5 Å². The Morgan fingerprint density at radius 3 is 2.68 bits per heavy atom. The second kappa shape index (κ2) is 7.75. The number of anilines is 2. The Labute approximate surface area is 189 Å². The van der Waals surface area contributed by atoms with Gasteiger partial charge in [-0.2, -0.15) is 0 Å². The van der Waals surface area contributed by atoms with Crippen molar-refractivity contribution in [2.75, 3.05) is 22.9 Å². The van der Waals surface area contributed by atoms with Crippen LogP contribution in [0.2, 0.25) is 5.15 Å². The summed E-state index contributed by atoms with van der Waals surface area (Å²) in [7, 11) is 0. The van der Waals surface area contributed by atoms with Crippen LogP contribution in [0.4, 0.5) is 11.5 Å². The summed E-state index contributed by atoms with van der Waals surface area (Å²) < 4.78 is 0. The van der Waals surface area contributed by atoms with E-state index in [1.807, 2.05) is 19.9 Å². The lowest BCUT2D eigenvalue weighted by molar-refractivity contribution is 0.00644. The third kappa shape index (κ3) is 3.80. The van der Waals surface area contributed by atoms with Crippen molar-refractivity contribution >= 4 is 29.2 Å². The maximum absolute atomic E-state index is 10.4. The van der Waals surface area contributed by atoms with Crippen molar-refractivity contribution in [2.24, 2.45) is 5.92 Å². The molecule has 7 heteroatoms. The number of piperidine rings is 1. The summed E-state index contributed by atoms with van der Waals surface area (Å²) >= 11 is 6.38. The van der Waals surface area contributed by atoms with Gasteiger partial charge in [-0.1, -0.05) is 23.8 Å². The van der Waals surface area contributed by atoms with Crippen molar-refractivity contribution in [1.82, 2.24) is 15.0 Å². The predicted octanol–water partition coefficient (Wildman–Crippen LogP) is 4.03. The van der Waals surface area contributed by atoms with Crippen molar-refractivity contribution in [3.8, 4) is 0 Å². The molecule has 1 N–H and O–H groups in total. The van der Waals surface area contributed by atoms with Gasteiger partial charge in [0.2, 0.25) is 0 Å². The van der Waals surface area contributed by atoms with Gasteiger partial charge in [-0.25, -0.2) is 15.0 Å². The zero-order chi connectivity index (χ0) is 21.8. The van der Waals surface area contributed by atoms with Gasteiger partial charge in [0.05, 0.1) is 17.0 Å². The summed E-state index contributed by atoms with van der Waals surface area (Å²) in [6.45, 7) is 8.68. The fraction of sp³-hybridized carbons (Fsp3) is 0.542. The number of pyridine rings is 1. The van der Waals surface area contributed by atoms with Gasteiger partial charge in [-0.15, -0.1) is 0 Å². The molecule has 2 aliphatic heterocycles. The van der Waals surface area contributed by atoms with E-state index in [1.54, 1.807) is 6.33 Å².